The molecule has 0 aromatic carbocycles. The van der Waals surface area contributed by atoms with Gasteiger partial charge in [-0.25, -0.2) is 0 Å². The van der Waals surface area contributed by atoms with Gasteiger partial charge in [-0.15, -0.1) is 0 Å². The van der Waals surface area contributed by atoms with Gasteiger partial charge in [-0.3, -0.25) is 0 Å². The number of anilines is 1. The third-order valence-corrected chi connectivity index (χ3v) is 2.48. The summed E-state index contributed by atoms with van der Waals surface area (Å²) < 4.78 is 0. The zero-order valence-corrected chi connectivity index (χ0v) is 8.85. The molecule has 0 fully saturated rings. The first-order valence-corrected chi connectivity index (χ1v) is 5.12. The molecule has 0 amide bonds. The molecular formula is C11H20N2. The van der Waals surface area contributed by atoms with Crippen LogP contribution in [0.1, 0.15) is 32.4 Å². The number of rotatable bonds is 5. The highest BCUT2D eigenvalue weighted by Crippen LogP contribution is 2.09. The Kier molecular flexibility index (Phi) is 3.87. The van der Waals surface area contributed by atoms with Crippen molar-refractivity contribution in [2.75, 3.05) is 11.9 Å². The normalized spacial score (nSPS) is 12.8. The molecule has 0 spiro atoms. The van der Waals surface area contributed by atoms with Crippen molar-refractivity contribution in [3.8, 4) is 0 Å². The van der Waals surface area contributed by atoms with E-state index in [1.165, 1.54) is 18.5 Å². The predicted octanol–water partition coefficient (Wildman–Crippen LogP) is 3.17. The molecule has 2 N–H and O–H groups in total. The summed E-state index contributed by atoms with van der Waals surface area (Å²) in [6.45, 7) is 7.67. The lowest BCUT2D eigenvalue weighted by Gasteiger charge is -2.08. The van der Waals surface area contributed by atoms with Crippen LogP contribution < -0.4 is 5.32 Å². The van der Waals surface area contributed by atoms with Crippen LogP contribution in [-0.4, -0.2) is 11.5 Å². The van der Waals surface area contributed by atoms with Crippen molar-refractivity contribution in [1.82, 2.24) is 4.98 Å². The van der Waals surface area contributed by atoms with Crippen molar-refractivity contribution in [3.05, 3.63) is 17.8 Å². The van der Waals surface area contributed by atoms with E-state index in [0.29, 0.717) is 0 Å². The molecule has 1 rings (SSSR count). The Hall–Kier alpha value is -0.920. The van der Waals surface area contributed by atoms with Crippen LogP contribution in [0.3, 0.4) is 0 Å². The van der Waals surface area contributed by atoms with E-state index in [0.717, 1.165) is 18.3 Å². The van der Waals surface area contributed by atoms with Gasteiger partial charge in [0.25, 0.3) is 0 Å². The number of aromatic nitrogens is 1. The van der Waals surface area contributed by atoms with Crippen molar-refractivity contribution >= 4 is 5.82 Å². The number of nitrogens with one attached hydrogen (secondary N) is 2. The highest BCUT2D eigenvalue weighted by molar-refractivity contribution is 5.36. The van der Waals surface area contributed by atoms with Crippen LogP contribution in [0.5, 0.6) is 0 Å². The van der Waals surface area contributed by atoms with E-state index in [2.05, 4.69) is 43.2 Å². The highest BCUT2D eigenvalue weighted by Gasteiger charge is 1.98. The number of aryl methyl sites for hydroxylation is 1. The molecule has 0 radical (unpaired) electrons. The Morgan fingerprint density at radius 2 is 2.23 bits per heavy atom. The monoisotopic (exact) mass is 180 g/mol. The average molecular weight is 180 g/mol. The smallest absolute Gasteiger partial charge is 0.103 e. The third-order valence-electron chi connectivity index (χ3n) is 2.48. The summed E-state index contributed by atoms with van der Waals surface area (Å²) in [5, 5.41) is 3.38. The summed E-state index contributed by atoms with van der Waals surface area (Å²) in [5.41, 5.74) is 1.21. The van der Waals surface area contributed by atoms with E-state index < -0.39 is 0 Å². The Morgan fingerprint density at radius 1 is 1.46 bits per heavy atom. The highest BCUT2D eigenvalue weighted by atomic mass is 15.0. The van der Waals surface area contributed by atoms with Crippen LogP contribution >= 0.6 is 0 Å². The number of hydrogen-bond donors (Lipinski definition) is 2. The maximum absolute atomic E-state index is 3.38. The first kappa shape index (κ1) is 10.2. The Balaban J connectivity index is 2.20. The lowest BCUT2D eigenvalue weighted by Crippen LogP contribution is -2.06. The molecule has 13 heavy (non-hydrogen) atoms. The summed E-state index contributed by atoms with van der Waals surface area (Å²) in [6, 6.07) is 4.18. The summed E-state index contributed by atoms with van der Waals surface area (Å²) in [7, 11) is 0. The lowest BCUT2D eigenvalue weighted by atomic mass is 10.1. The maximum Gasteiger partial charge on any atom is 0.103 e. The fraction of sp³-hybridized carbons (Fsp3) is 0.636. The predicted molar refractivity (Wildman–Crippen MR) is 58.1 cm³/mol. The number of aromatic amines is 1. The molecule has 0 aliphatic rings. The van der Waals surface area contributed by atoms with Crippen LogP contribution in [0.25, 0.3) is 0 Å². The van der Waals surface area contributed by atoms with Gasteiger partial charge >= 0.3 is 0 Å². The molecule has 1 heterocycles. The average Bonchev–Trinajstić information content (AvgIpc) is 2.51. The van der Waals surface area contributed by atoms with Gasteiger partial charge in [-0.2, -0.15) is 0 Å². The minimum atomic E-state index is 0.823. The first-order valence-electron chi connectivity index (χ1n) is 5.12. The zero-order valence-electron chi connectivity index (χ0n) is 8.85. The molecule has 1 unspecified atom stereocenters. The van der Waals surface area contributed by atoms with Crippen molar-refractivity contribution in [3.63, 3.8) is 0 Å². The van der Waals surface area contributed by atoms with E-state index in [1.54, 1.807) is 0 Å². The van der Waals surface area contributed by atoms with Gasteiger partial charge in [-0.1, -0.05) is 20.3 Å². The molecule has 0 saturated heterocycles. The standard InChI is InChI=1S/C11H20N2/c1-4-9(2)7-8-12-11-6-5-10(3)13-11/h5-6,9,12-13H,4,7-8H2,1-3H3. The SMILES string of the molecule is CCC(C)CCNc1ccc(C)[nH]1. The van der Waals surface area contributed by atoms with E-state index in [-0.39, 0.29) is 0 Å². The lowest BCUT2D eigenvalue weighted by molar-refractivity contribution is 0.531. The van der Waals surface area contributed by atoms with Crippen LogP contribution in [0.15, 0.2) is 12.1 Å². The molecule has 1 atom stereocenters. The molecule has 1 aromatic heterocycles. The van der Waals surface area contributed by atoms with E-state index in [1.807, 2.05) is 0 Å². The second-order valence-electron chi connectivity index (χ2n) is 3.78. The van der Waals surface area contributed by atoms with Gasteiger partial charge in [0, 0.05) is 12.2 Å². The van der Waals surface area contributed by atoms with Crippen molar-refractivity contribution in [2.45, 2.75) is 33.6 Å². The van der Waals surface area contributed by atoms with E-state index in [9.17, 15) is 0 Å². The Bertz CT molecular complexity index is 240. The van der Waals surface area contributed by atoms with Gasteiger partial charge in [0.15, 0.2) is 0 Å². The molecule has 74 valence electrons. The largest absolute Gasteiger partial charge is 0.372 e. The molecule has 1 aromatic rings. The second-order valence-corrected chi connectivity index (χ2v) is 3.78. The molecule has 2 heteroatoms. The quantitative estimate of drug-likeness (QED) is 0.715. The topological polar surface area (TPSA) is 27.8 Å². The minimum absolute atomic E-state index is 0.823. The van der Waals surface area contributed by atoms with Crippen molar-refractivity contribution in [2.24, 2.45) is 5.92 Å². The summed E-state index contributed by atoms with van der Waals surface area (Å²) in [5.74, 6) is 1.96. The van der Waals surface area contributed by atoms with Crippen LogP contribution in [0.2, 0.25) is 0 Å². The maximum atomic E-state index is 3.38. The molecular weight excluding hydrogens is 160 g/mol. The van der Waals surface area contributed by atoms with Gasteiger partial charge in [0.1, 0.15) is 5.82 Å². The summed E-state index contributed by atoms with van der Waals surface area (Å²) in [6.07, 6.45) is 2.51. The molecule has 0 aliphatic heterocycles. The fourth-order valence-electron chi connectivity index (χ4n) is 1.26. The number of H-pyrrole nitrogens is 1. The molecule has 0 saturated carbocycles. The minimum Gasteiger partial charge on any atom is -0.372 e. The third kappa shape index (κ3) is 3.53. The number of hydrogen-bond acceptors (Lipinski definition) is 1. The van der Waals surface area contributed by atoms with Gasteiger partial charge in [-0.05, 0) is 31.4 Å². The first-order chi connectivity index (χ1) is 6.22. The van der Waals surface area contributed by atoms with Crippen LogP contribution in [0.4, 0.5) is 5.82 Å². The van der Waals surface area contributed by atoms with Gasteiger partial charge < -0.3 is 10.3 Å². The Morgan fingerprint density at radius 3 is 2.77 bits per heavy atom. The molecule has 2 nitrogen and oxygen atoms in total. The van der Waals surface area contributed by atoms with Crippen LogP contribution in [-0.2, 0) is 0 Å². The molecule has 0 bridgehead atoms. The van der Waals surface area contributed by atoms with Crippen molar-refractivity contribution < 1.29 is 0 Å². The Labute approximate surface area is 80.7 Å². The molecule has 0 aliphatic carbocycles. The summed E-state index contributed by atoms with van der Waals surface area (Å²) >= 11 is 0. The summed E-state index contributed by atoms with van der Waals surface area (Å²) in [4.78, 5) is 3.26. The second kappa shape index (κ2) is 4.95. The fourth-order valence-corrected chi connectivity index (χ4v) is 1.26. The van der Waals surface area contributed by atoms with Gasteiger partial charge in [0.05, 0.1) is 0 Å². The van der Waals surface area contributed by atoms with E-state index in [4.69, 9.17) is 0 Å². The van der Waals surface area contributed by atoms with Crippen LogP contribution in [0, 0.1) is 12.8 Å². The van der Waals surface area contributed by atoms with Gasteiger partial charge in [0.2, 0.25) is 0 Å². The van der Waals surface area contributed by atoms with E-state index >= 15 is 0 Å². The van der Waals surface area contributed by atoms with Crippen molar-refractivity contribution in [1.29, 1.82) is 0 Å². The zero-order chi connectivity index (χ0) is 9.68.